The van der Waals surface area contributed by atoms with Crippen molar-refractivity contribution in [1.82, 2.24) is 14.9 Å². The minimum atomic E-state index is 0.529. The Labute approximate surface area is 128 Å². The highest BCUT2D eigenvalue weighted by Crippen LogP contribution is 2.23. The van der Waals surface area contributed by atoms with Crippen LogP contribution in [0.3, 0.4) is 0 Å². The van der Waals surface area contributed by atoms with Gasteiger partial charge in [0.25, 0.3) is 0 Å². The molecule has 0 aliphatic rings. The van der Waals surface area contributed by atoms with E-state index in [9.17, 15) is 0 Å². The van der Waals surface area contributed by atoms with Gasteiger partial charge in [-0.15, -0.1) is 0 Å². The summed E-state index contributed by atoms with van der Waals surface area (Å²) in [6.45, 7) is 13.1. The second kappa shape index (κ2) is 7.08. The Morgan fingerprint density at radius 1 is 1.19 bits per heavy atom. The molecule has 0 saturated heterocycles. The molecule has 0 atom stereocenters. The van der Waals surface area contributed by atoms with Gasteiger partial charge in [-0.25, -0.2) is 4.98 Å². The third-order valence-electron chi connectivity index (χ3n) is 3.87. The normalized spacial score (nSPS) is 12.0. The standard InChI is InChI=1S/C18H29N3/c1-6-11-21-17-8-7-15(13(2)3)12-16(17)20-18(21)9-10-19-14(4)5/h7-8,12-14,19H,6,9-11H2,1-5H3. The maximum absolute atomic E-state index is 4.89. The van der Waals surface area contributed by atoms with Gasteiger partial charge in [-0.2, -0.15) is 0 Å². The van der Waals surface area contributed by atoms with Gasteiger partial charge in [0.05, 0.1) is 11.0 Å². The van der Waals surface area contributed by atoms with Crippen molar-refractivity contribution >= 4 is 11.0 Å². The van der Waals surface area contributed by atoms with Gasteiger partial charge < -0.3 is 9.88 Å². The molecule has 1 heterocycles. The number of benzene rings is 1. The summed E-state index contributed by atoms with van der Waals surface area (Å²) >= 11 is 0. The molecular formula is C18H29N3. The Balaban J connectivity index is 2.31. The second-order valence-corrected chi connectivity index (χ2v) is 6.44. The zero-order valence-electron chi connectivity index (χ0n) is 14.1. The molecule has 3 nitrogen and oxygen atoms in total. The van der Waals surface area contributed by atoms with Gasteiger partial charge in [-0.1, -0.05) is 40.7 Å². The van der Waals surface area contributed by atoms with E-state index in [-0.39, 0.29) is 0 Å². The number of hydrogen-bond donors (Lipinski definition) is 1. The first kappa shape index (κ1) is 16.0. The topological polar surface area (TPSA) is 29.9 Å². The van der Waals surface area contributed by atoms with Crippen molar-refractivity contribution in [2.45, 2.75) is 66.0 Å². The molecule has 0 aliphatic heterocycles. The highest BCUT2D eigenvalue weighted by molar-refractivity contribution is 5.77. The molecule has 21 heavy (non-hydrogen) atoms. The number of aryl methyl sites for hydroxylation is 1. The van der Waals surface area contributed by atoms with E-state index in [0.29, 0.717) is 12.0 Å². The first-order valence-electron chi connectivity index (χ1n) is 8.25. The molecule has 1 aromatic heterocycles. The lowest BCUT2D eigenvalue weighted by Crippen LogP contribution is -2.25. The van der Waals surface area contributed by atoms with E-state index in [1.54, 1.807) is 0 Å². The molecule has 0 aliphatic carbocycles. The van der Waals surface area contributed by atoms with Crippen molar-refractivity contribution in [2.75, 3.05) is 6.54 Å². The number of aromatic nitrogens is 2. The summed E-state index contributed by atoms with van der Waals surface area (Å²) in [4.78, 5) is 4.89. The molecule has 2 aromatic rings. The Bertz CT molecular complexity index is 581. The van der Waals surface area contributed by atoms with Gasteiger partial charge >= 0.3 is 0 Å². The molecule has 0 amide bonds. The van der Waals surface area contributed by atoms with Gasteiger partial charge in [0.2, 0.25) is 0 Å². The monoisotopic (exact) mass is 287 g/mol. The quantitative estimate of drug-likeness (QED) is 0.830. The third kappa shape index (κ3) is 3.85. The van der Waals surface area contributed by atoms with Crippen LogP contribution in [0, 0.1) is 0 Å². The first-order chi connectivity index (χ1) is 10.0. The lowest BCUT2D eigenvalue weighted by Gasteiger charge is -2.10. The van der Waals surface area contributed by atoms with E-state index in [1.165, 1.54) is 16.9 Å². The molecule has 3 heteroatoms. The van der Waals surface area contributed by atoms with Crippen molar-refractivity contribution in [3.63, 3.8) is 0 Å². The maximum Gasteiger partial charge on any atom is 0.111 e. The van der Waals surface area contributed by atoms with Crippen LogP contribution in [0.15, 0.2) is 18.2 Å². The van der Waals surface area contributed by atoms with Crippen molar-refractivity contribution < 1.29 is 0 Å². The fraction of sp³-hybridized carbons (Fsp3) is 0.611. The van der Waals surface area contributed by atoms with E-state index in [0.717, 1.165) is 31.4 Å². The zero-order valence-corrected chi connectivity index (χ0v) is 14.1. The average molecular weight is 287 g/mol. The molecule has 2 rings (SSSR count). The van der Waals surface area contributed by atoms with E-state index in [1.807, 2.05) is 0 Å². The molecule has 116 valence electrons. The van der Waals surface area contributed by atoms with Crippen LogP contribution in [0.2, 0.25) is 0 Å². The molecule has 0 saturated carbocycles. The molecule has 0 spiro atoms. The highest BCUT2D eigenvalue weighted by atomic mass is 15.1. The number of fused-ring (bicyclic) bond motifs is 1. The van der Waals surface area contributed by atoms with Crippen LogP contribution in [-0.4, -0.2) is 22.1 Å². The van der Waals surface area contributed by atoms with Gasteiger partial charge in [0.1, 0.15) is 5.82 Å². The smallest absolute Gasteiger partial charge is 0.111 e. The molecule has 0 unspecified atom stereocenters. The van der Waals surface area contributed by atoms with E-state index in [4.69, 9.17) is 4.98 Å². The summed E-state index contributed by atoms with van der Waals surface area (Å²) in [5, 5.41) is 3.48. The Morgan fingerprint density at radius 3 is 2.57 bits per heavy atom. The summed E-state index contributed by atoms with van der Waals surface area (Å²) in [6, 6.07) is 7.27. The minimum absolute atomic E-state index is 0.529. The SMILES string of the molecule is CCCn1c(CCNC(C)C)nc2cc(C(C)C)ccc21. The van der Waals surface area contributed by atoms with Gasteiger partial charge in [0, 0.05) is 25.6 Å². The van der Waals surface area contributed by atoms with Gasteiger partial charge in [-0.3, -0.25) is 0 Å². The molecule has 1 aromatic carbocycles. The second-order valence-electron chi connectivity index (χ2n) is 6.44. The fourth-order valence-electron chi connectivity index (χ4n) is 2.69. The third-order valence-corrected chi connectivity index (χ3v) is 3.87. The predicted octanol–water partition coefficient (Wildman–Crippen LogP) is 4.11. The van der Waals surface area contributed by atoms with Crippen LogP contribution >= 0.6 is 0 Å². The van der Waals surface area contributed by atoms with Crippen LogP contribution in [0.1, 0.15) is 58.3 Å². The number of rotatable bonds is 7. The van der Waals surface area contributed by atoms with Crippen LogP contribution < -0.4 is 5.32 Å². The summed E-state index contributed by atoms with van der Waals surface area (Å²) < 4.78 is 2.39. The Hall–Kier alpha value is -1.35. The number of imidazole rings is 1. The van der Waals surface area contributed by atoms with Crippen molar-refractivity contribution in [3.05, 3.63) is 29.6 Å². The van der Waals surface area contributed by atoms with Crippen LogP contribution in [0.4, 0.5) is 0 Å². The summed E-state index contributed by atoms with van der Waals surface area (Å²) in [5.74, 6) is 1.76. The van der Waals surface area contributed by atoms with Crippen LogP contribution in [0.5, 0.6) is 0 Å². The number of hydrogen-bond acceptors (Lipinski definition) is 2. The zero-order chi connectivity index (χ0) is 15.4. The fourth-order valence-corrected chi connectivity index (χ4v) is 2.69. The Morgan fingerprint density at radius 2 is 1.95 bits per heavy atom. The summed E-state index contributed by atoms with van der Waals surface area (Å²) in [6.07, 6.45) is 2.13. The summed E-state index contributed by atoms with van der Waals surface area (Å²) in [7, 11) is 0. The average Bonchev–Trinajstić information content (AvgIpc) is 2.76. The van der Waals surface area contributed by atoms with Gasteiger partial charge in [0.15, 0.2) is 0 Å². The molecule has 0 radical (unpaired) electrons. The lowest BCUT2D eigenvalue weighted by atomic mass is 10.0. The van der Waals surface area contributed by atoms with E-state index < -0.39 is 0 Å². The Kier molecular flexibility index (Phi) is 5.40. The van der Waals surface area contributed by atoms with Gasteiger partial charge in [-0.05, 0) is 30.0 Å². The first-order valence-corrected chi connectivity index (χ1v) is 8.25. The van der Waals surface area contributed by atoms with E-state index >= 15 is 0 Å². The summed E-state index contributed by atoms with van der Waals surface area (Å²) in [5.41, 5.74) is 3.80. The van der Waals surface area contributed by atoms with Crippen LogP contribution in [0.25, 0.3) is 11.0 Å². The molecule has 0 bridgehead atoms. The van der Waals surface area contributed by atoms with Crippen molar-refractivity contribution in [1.29, 1.82) is 0 Å². The molecule has 1 N–H and O–H groups in total. The number of nitrogens with zero attached hydrogens (tertiary/aromatic N) is 2. The predicted molar refractivity (Wildman–Crippen MR) is 91.0 cm³/mol. The van der Waals surface area contributed by atoms with Crippen LogP contribution in [-0.2, 0) is 13.0 Å². The number of nitrogens with one attached hydrogen (secondary N) is 1. The lowest BCUT2D eigenvalue weighted by molar-refractivity contribution is 0.567. The minimum Gasteiger partial charge on any atom is -0.328 e. The largest absolute Gasteiger partial charge is 0.328 e. The highest BCUT2D eigenvalue weighted by Gasteiger charge is 2.11. The maximum atomic E-state index is 4.89. The van der Waals surface area contributed by atoms with Crippen molar-refractivity contribution in [3.8, 4) is 0 Å². The van der Waals surface area contributed by atoms with Crippen molar-refractivity contribution in [2.24, 2.45) is 0 Å². The van der Waals surface area contributed by atoms with E-state index in [2.05, 4.69) is 62.7 Å². The molecule has 0 fully saturated rings. The molecular weight excluding hydrogens is 258 g/mol.